The molecular formula is C11H12F2O2. The lowest BCUT2D eigenvalue weighted by atomic mass is 10.0. The van der Waals surface area contributed by atoms with Crippen molar-refractivity contribution in [2.24, 2.45) is 0 Å². The van der Waals surface area contributed by atoms with Gasteiger partial charge in [-0.25, -0.2) is 8.78 Å². The predicted molar refractivity (Wildman–Crippen MR) is 52.6 cm³/mol. The van der Waals surface area contributed by atoms with Crippen LogP contribution in [0.5, 0.6) is 5.75 Å². The first-order chi connectivity index (χ1) is 7.11. The number of rotatable bonds is 4. The number of hydrogen-bond donors (Lipinski definition) is 0. The Hall–Kier alpha value is -1.45. The Balaban J connectivity index is 3.31. The summed E-state index contributed by atoms with van der Waals surface area (Å²) < 4.78 is 30.3. The number of carbonyl (C=O) groups is 1. The molecule has 0 bridgehead atoms. The molecule has 0 atom stereocenters. The number of Topliss-reactive ketones (excluding diaryl/α,β-unsaturated/α-hetero) is 1. The van der Waals surface area contributed by atoms with Gasteiger partial charge in [-0.3, -0.25) is 4.79 Å². The molecular weight excluding hydrogens is 202 g/mol. The van der Waals surface area contributed by atoms with Crippen molar-refractivity contribution in [3.05, 3.63) is 29.3 Å². The minimum atomic E-state index is -2.70. The average Bonchev–Trinajstić information content (AvgIpc) is 2.26. The summed E-state index contributed by atoms with van der Waals surface area (Å²) in [5.74, 6) is -0.242. The monoisotopic (exact) mass is 214 g/mol. The van der Waals surface area contributed by atoms with Crippen molar-refractivity contribution in [3.63, 3.8) is 0 Å². The summed E-state index contributed by atoms with van der Waals surface area (Å²) in [5.41, 5.74) is -0.265. The maximum atomic E-state index is 12.7. The number of hydrogen-bond acceptors (Lipinski definition) is 2. The van der Waals surface area contributed by atoms with Crippen molar-refractivity contribution < 1.29 is 18.3 Å². The maximum Gasteiger partial charge on any atom is 0.268 e. The fourth-order valence-electron chi connectivity index (χ4n) is 1.38. The van der Waals surface area contributed by atoms with E-state index in [0.29, 0.717) is 0 Å². The van der Waals surface area contributed by atoms with E-state index in [2.05, 4.69) is 0 Å². The SMILES string of the molecule is CCC(=O)c1cccc(OC)c1C(F)F. The van der Waals surface area contributed by atoms with Crippen LogP contribution in [0.1, 0.15) is 35.7 Å². The lowest BCUT2D eigenvalue weighted by Gasteiger charge is -2.11. The van der Waals surface area contributed by atoms with E-state index in [4.69, 9.17) is 4.74 Å². The fraction of sp³-hybridized carbons (Fsp3) is 0.364. The van der Waals surface area contributed by atoms with Crippen LogP contribution in [0.25, 0.3) is 0 Å². The molecule has 0 aliphatic carbocycles. The Labute approximate surface area is 86.9 Å². The first-order valence-electron chi connectivity index (χ1n) is 4.60. The second-order valence-electron chi connectivity index (χ2n) is 3.00. The number of alkyl halides is 2. The summed E-state index contributed by atoms with van der Waals surface area (Å²) in [6, 6.07) is 4.36. The van der Waals surface area contributed by atoms with Crippen LogP contribution in [-0.2, 0) is 0 Å². The van der Waals surface area contributed by atoms with Gasteiger partial charge >= 0.3 is 0 Å². The molecule has 82 valence electrons. The quantitative estimate of drug-likeness (QED) is 0.719. The lowest BCUT2D eigenvalue weighted by molar-refractivity contribution is 0.0972. The largest absolute Gasteiger partial charge is 0.496 e. The number of carbonyl (C=O) groups excluding carboxylic acids is 1. The van der Waals surface area contributed by atoms with Gasteiger partial charge in [0.15, 0.2) is 5.78 Å². The predicted octanol–water partition coefficient (Wildman–Crippen LogP) is 3.23. The van der Waals surface area contributed by atoms with E-state index in [1.165, 1.54) is 25.3 Å². The van der Waals surface area contributed by atoms with Gasteiger partial charge in [-0.15, -0.1) is 0 Å². The zero-order valence-corrected chi connectivity index (χ0v) is 8.59. The smallest absolute Gasteiger partial charge is 0.268 e. The second kappa shape index (κ2) is 4.87. The van der Waals surface area contributed by atoms with Gasteiger partial charge < -0.3 is 4.74 Å². The van der Waals surface area contributed by atoms with Gasteiger partial charge in [0.05, 0.1) is 12.7 Å². The van der Waals surface area contributed by atoms with Gasteiger partial charge in [-0.1, -0.05) is 19.1 Å². The Kier molecular flexibility index (Phi) is 3.77. The van der Waals surface area contributed by atoms with Crippen LogP contribution in [0.2, 0.25) is 0 Å². The van der Waals surface area contributed by atoms with E-state index in [1.54, 1.807) is 6.92 Å². The Morgan fingerprint density at radius 1 is 1.47 bits per heavy atom. The number of halogens is 2. The van der Waals surface area contributed by atoms with Crippen LogP contribution in [-0.4, -0.2) is 12.9 Å². The molecule has 0 aliphatic heterocycles. The highest BCUT2D eigenvalue weighted by molar-refractivity contribution is 5.98. The molecule has 4 heteroatoms. The molecule has 0 saturated heterocycles. The molecule has 1 aromatic rings. The Bertz CT molecular complexity index is 362. The third-order valence-corrected chi connectivity index (χ3v) is 2.13. The molecule has 1 aromatic carbocycles. The van der Waals surface area contributed by atoms with Crippen LogP contribution in [0.4, 0.5) is 8.78 Å². The molecule has 0 amide bonds. The van der Waals surface area contributed by atoms with Crippen molar-refractivity contribution >= 4 is 5.78 Å². The third kappa shape index (κ3) is 2.32. The van der Waals surface area contributed by atoms with Gasteiger partial charge in [-0.2, -0.15) is 0 Å². The fourth-order valence-corrected chi connectivity index (χ4v) is 1.38. The summed E-state index contributed by atoms with van der Waals surface area (Å²) in [7, 11) is 1.31. The van der Waals surface area contributed by atoms with E-state index in [1.807, 2.05) is 0 Å². The van der Waals surface area contributed by atoms with Gasteiger partial charge in [0.1, 0.15) is 5.75 Å². The van der Waals surface area contributed by atoms with Gasteiger partial charge in [-0.05, 0) is 6.07 Å². The standard InChI is InChI=1S/C11H12F2O2/c1-3-8(14)7-5-4-6-9(15-2)10(7)11(12)13/h4-6,11H,3H2,1-2H3. The van der Waals surface area contributed by atoms with Crippen LogP contribution in [0, 0.1) is 0 Å². The Morgan fingerprint density at radius 2 is 2.13 bits per heavy atom. The highest BCUT2D eigenvalue weighted by Crippen LogP contribution is 2.32. The Morgan fingerprint density at radius 3 is 2.60 bits per heavy atom. The molecule has 0 aromatic heterocycles. The molecule has 0 saturated carbocycles. The third-order valence-electron chi connectivity index (χ3n) is 2.13. The normalized spacial score (nSPS) is 10.5. The molecule has 0 aliphatic rings. The summed E-state index contributed by atoms with van der Waals surface area (Å²) in [4.78, 5) is 11.4. The molecule has 0 fully saturated rings. The lowest BCUT2D eigenvalue weighted by Crippen LogP contribution is -2.04. The van der Waals surface area contributed by atoms with E-state index in [-0.39, 0.29) is 29.1 Å². The molecule has 0 heterocycles. The van der Waals surface area contributed by atoms with Crippen molar-refractivity contribution in [1.82, 2.24) is 0 Å². The van der Waals surface area contributed by atoms with Crippen molar-refractivity contribution in [1.29, 1.82) is 0 Å². The number of ketones is 1. The van der Waals surface area contributed by atoms with E-state index >= 15 is 0 Å². The van der Waals surface area contributed by atoms with Crippen LogP contribution >= 0.6 is 0 Å². The first-order valence-corrected chi connectivity index (χ1v) is 4.60. The molecule has 15 heavy (non-hydrogen) atoms. The molecule has 0 unspecified atom stereocenters. The summed E-state index contributed by atoms with van der Waals surface area (Å²) in [5, 5.41) is 0. The van der Waals surface area contributed by atoms with E-state index in [9.17, 15) is 13.6 Å². The second-order valence-corrected chi connectivity index (χ2v) is 3.00. The molecule has 2 nitrogen and oxygen atoms in total. The van der Waals surface area contributed by atoms with Crippen molar-refractivity contribution in [2.75, 3.05) is 7.11 Å². The van der Waals surface area contributed by atoms with Crippen LogP contribution in [0.3, 0.4) is 0 Å². The van der Waals surface area contributed by atoms with Crippen molar-refractivity contribution in [3.8, 4) is 5.75 Å². The van der Waals surface area contributed by atoms with Gasteiger partial charge in [0.25, 0.3) is 6.43 Å². The highest BCUT2D eigenvalue weighted by Gasteiger charge is 2.21. The summed E-state index contributed by atoms with van der Waals surface area (Å²) in [6.45, 7) is 1.64. The minimum Gasteiger partial charge on any atom is -0.496 e. The molecule has 1 rings (SSSR count). The first kappa shape index (κ1) is 11.6. The minimum absolute atomic E-state index is 0.0480. The molecule has 0 spiro atoms. The molecule has 0 N–H and O–H groups in total. The van der Waals surface area contributed by atoms with Crippen molar-refractivity contribution in [2.45, 2.75) is 19.8 Å². The highest BCUT2D eigenvalue weighted by atomic mass is 19.3. The zero-order valence-electron chi connectivity index (χ0n) is 8.59. The van der Waals surface area contributed by atoms with E-state index < -0.39 is 6.43 Å². The average molecular weight is 214 g/mol. The summed E-state index contributed by atoms with van der Waals surface area (Å²) >= 11 is 0. The number of ether oxygens (including phenoxy) is 1. The topological polar surface area (TPSA) is 26.3 Å². The maximum absolute atomic E-state index is 12.7. The summed E-state index contributed by atoms with van der Waals surface area (Å²) in [6.07, 6.45) is -2.50. The van der Waals surface area contributed by atoms with Gasteiger partial charge in [0, 0.05) is 12.0 Å². The number of benzene rings is 1. The van der Waals surface area contributed by atoms with Crippen LogP contribution < -0.4 is 4.74 Å². The van der Waals surface area contributed by atoms with Gasteiger partial charge in [0.2, 0.25) is 0 Å². The number of methoxy groups -OCH3 is 1. The van der Waals surface area contributed by atoms with Crippen LogP contribution in [0.15, 0.2) is 18.2 Å². The molecule has 0 radical (unpaired) electrons. The zero-order chi connectivity index (χ0) is 11.4. The van der Waals surface area contributed by atoms with E-state index in [0.717, 1.165) is 0 Å².